The molecule has 0 radical (unpaired) electrons. The summed E-state index contributed by atoms with van der Waals surface area (Å²) in [4.78, 5) is 6.49. The van der Waals surface area contributed by atoms with Gasteiger partial charge in [0.1, 0.15) is 0 Å². The van der Waals surface area contributed by atoms with Crippen LogP contribution in [0.25, 0.3) is 0 Å². The molecule has 2 N–H and O–H groups in total. The molecule has 2 aromatic heterocycles. The smallest absolute Gasteiger partial charge is 0.170 e. The van der Waals surface area contributed by atoms with E-state index < -0.39 is 0 Å². The molecule has 1 fully saturated rings. The molecule has 110 valence electrons. The van der Waals surface area contributed by atoms with Crippen molar-refractivity contribution in [1.82, 2.24) is 19.8 Å². The molecule has 0 aliphatic carbocycles. The zero-order valence-electron chi connectivity index (χ0n) is 11.8. The third-order valence-corrected chi connectivity index (χ3v) is 4.18. The van der Waals surface area contributed by atoms with Crippen molar-refractivity contribution in [3.8, 4) is 0 Å². The van der Waals surface area contributed by atoms with Crippen molar-refractivity contribution in [3.05, 3.63) is 54.1 Å². The highest BCUT2D eigenvalue weighted by Gasteiger charge is 2.40. The quantitative estimate of drug-likeness (QED) is 0.836. The molecule has 5 nitrogen and oxygen atoms in total. The van der Waals surface area contributed by atoms with E-state index in [0.717, 1.165) is 11.4 Å². The van der Waals surface area contributed by atoms with Gasteiger partial charge in [0.05, 0.1) is 24.4 Å². The Hall–Kier alpha value is -1.92. The van der Waals surface area contributed by atoms with Gasteiger partial charge in [-0.1, -0.05) is 6.07 Å². The molecule has 1 aliphatic rings. The second kappa shape index (κ2) is 5.83. The van der Waals surface area contributed by atoms with Crippen LogP contribution < -0.4 is 5.32 Å². The minimum Gasteiger partial charge on any atom is -0.395 e. The van der Waals surface area contributed by atoms with Crippen LogP contribution in [0.15, 0.2) is 42.7 Å². The minimum absolute atomic E-state index is 0.0150. The van der Waals surface area contributed by atoms with Crippen molar-refractivity contribution in [2.75, 3.05) is 13.2 Å². The monoisotopic (exact) mass is 302 g/mol. The van der Waals surface area contributed by atoms with E-state index in [4.69, 9.17) is 12.2 Å². The predicted octanol–water partition coefficient (Wildman–Crippen LogP) is 1.38. The third-order valence-electron chi connectivity index (χ3n) is 3.83. The number of aryl methyl sites for hydroxylation is 1. The first kappa shape index (κ1) is 14.0. The highest BCUT2D eigenvalue weighted by Crippen LogP contribution is 2.37. The van der Waals surface area contributed by atoms with Crippen molar-refractivity contribution in [1.29, 1.82) is 0 Å². The summed E-state index contributed by atoms with van der Waals surface area (Å²) in [5.41, 5.74) is 2.10. The van der Waals surface area contributed by atoms with Crippen LogP contribution in [0.2, 0.25) is 0 Å². The van der Waals surface area contributed by atoms with E-state index in [9.17, 15) is 5.11 Å². The number of thiocarbonyl (C=S) groups is 1. The summed E-state index contributed by atoms with van der Waals surface area (Å²) < 4.78 is 2.08. The summed E-state index contributed by atoms with van der Waals surface area (Å²) in [5.74, 6) is 0. The standard InChI is InChI=1S/C15H18N4OS/c1-18-8-4-6-12(18)14-13(11-5-2-3-7-16-11)17-15(21)19(14)9-10-20/h2-8,13-14,20H,9-10H2,1H3,(H,17,21)/t13-,14+/m0/s1. The average molecular weight is 302 g/mol. The van der Waals surface area contributed by atoms with Gasteiger partial charge in [-0.3, -0.25) is 4.98 Å². The summed E-state index contributed by atoms with van der Waals surface area (Å²) in [5, 5.41) is 13.3. The SMILES string of the molecule is Cn1cccc1[C@@H]1[C@H](c2ccccn2)NC(=S)N1CCO. The zero-order chi connectivity index (χ0) is 14.8. The van der Waals surface area contributed by atoms with Crippen LogP contribution in [0.4, 0.5) is 0 Å². The van der Waals surface area contributed by atoms with E-state index in [1.807, 2.05) is 42.4 Å². The number of hydrogen-bond donors (Lipinski definition) is 2. The number of nitrogens with one attached hydrogen (secondary N) is 1. The van der Waals surface area contributed by atoms with Crippen LogP contribution in [-0.2, 0) is 7.05 Å². The molecule has 0 saturated carbocycles. The molecular formula is C15H18N4OS. The van der Waals surface area contributed by atoms with Crippen LogP contribution in [0, 0.1) is 0 Å². The second-order valence-electron chi connectivity index (χ2n) is 5.09. The molecule has 0 unspecified atom stereocenters. The minimum atomic E-state index is -0.0150. The molecule has 1 saturated heterocycles. The molecule has 2 atom stereocenters. The summed E-state index contributed by atoms with van der Waals surface area (Å²) in [6.45, 7) is 0.572. The maximum Gasteiger partial charge on any atom is 0.170 e. The number of aromatic nitrogens is 2. The lowest BCUT2D eigenvalue weighted by Gasteiger charge is -2.27. The van der Waals surface area contributed by atoms with E-state index in [-0.39, 0.29) is 18.7 Å². The van der Waals surface area contributed by atoms with Crippen LogP contribution in [0.5, 0.6) is 0 Å². The number of β-amino-alcohol motifs (C(OH)–C–C–N with tert-alkyl or cyclic N) is 1. The molecular weight excluding hydrogens is 284 g/mol. The van der Waals surface area contributed by atoms with Gasteiger partial charge in [-0.25, -0.2) is 0 Å². The summed E-state index contributed by atoms with van der Waals surface area (Å²) in [7, 11) is 2.02. The van der Waals surface area contributed by atoms with Gasteiger partial charge >= 0.3 is 0 Å². The highest BCUT2D eigenvalue weighted by atomic mass is 32.1. The molecule has 3 rings (SSSR count). The molecule has 0 amide bonds. The number of aliphatic hydroxyl groups excluding tert-OH is 1. The Morgan fingerprint density at radius 3 is 2.81 bits per heavy atom. The predicted molar refractivity (Wildman–Crippen MR) is 84.7 cm³/mol. The summed E-state index contributed by atoms with van der Waals surface area (Å²) in [6, 6.07) is 9.99. The van der Waals surface area contributed by atoms with Crippen LogP contribution in [-0.4, -0.2) is 37.8 Å². The van der Waals surface area contributed by atoms with Gasteiger partial charge in [0.25, 0.3) is 0 Å². The maximum atomic E-state index is 9.33. The van der Waals surface area contributed by atoms with Gasteiger partial charge in [-0.05, 0) is 36.5 Å². The summed E-state index contributed by atoms with van der Waals surface area (Å²) in [6.07, 6.45) is 3.81. The van der Waals surface area contributed by atoms with Gasteiger partial charge in [0.15, 0.2) is 5.11 Å². The van der Waals surface area contributed by atoms with Crippen molar-refractivity contribution >= 4 is 17.3 Å². The lowest BCUT2D eigenvalue weighted by Crippen LogP contribution is -2.32. The summed E-state index contributed by atoms with van der Waals surface area (Å²) >= 11 is 5.44. The molecule has 0 spiro atoms. The average Bonchev–Trinajstić information content (AvgIpc) is 3.05. The fourth-order valence-corrected chi connectivity index (χ4v) is 3.19. The highest BCUT2D eigenvalue weighted by molar-refractivity contribution is 7.80. The molecule has 0 aromatic carbocycles. The number of hydrogen-bond acceptors (Lipinski definition) is 3. The molecule has 0 bridgehead atoms. The zero-order valence-corrected chi connectivity index (χ0v) is 12.6. The van der Waals surface area contributed by atoms with Gasteiger partial charge in [0.2, 0.25) is 0 Å². The van der Waals surface area contributed by atoms with Crippen molar-refractivity contribution in [2.24, 2.45) is 7.05 Å². The van der Waals surface area contributed by atoms with E-state index in [1.165, 1.54) is 0 Å². The Labute approximate surface area is 129 Å². The number of nitrogens with zero attached hydrogens (tertiary/aromatic N) is 3. The van der Waals surface area contributed by atoms with Gasteiger partial charge in [0, 0.05) is 31.7 Å². The van der Waals surface area contributed by atoms with Crippen molar-refractivity contribution in [3.63, 3.8) is 0 Å². The number of rotatable bonds is 4. The molecule has 1 aliphatic heterocycles. The lowest BCUT2D eigenvalue weighted by molar-refractivity contribution is 0.219. The normalized spacial score (nSPS) is 21.6. The Kier molecular flexibility index (Phi) is 3.90. The van der Waals surface area contributed by atoms with Gasteiger partial charge < -0.3 is 19.9 Å². The van der Waals surface area contributed by atoms with E-state index >= 15 is 0 Å². The Balaban J connectivity index is 2.03. The fraction of sp³-hybridized carbons (Fsp3) is 0.333. The topological polar surface area (TPSA) is 53.3 Å². The first-order valence-corrected chi connectivity index (χ1v) is 7.33. The molecule has 6 heteroatoms. The second-order valence-corrected chi connectivity index (χ2v) is 5.47. The first-order chi connectivity index (χ1) is 10.2. The van der Waals surface area contributed by atoms with Gasteiger partial charge in [-0.15, -0.1) is 0 Å². The van der Waals surface area contributed by atoms with Crippen LogP contribution >= 0.6 is 12.2 Å². The molecule has 2 aromatic rings. The van der Waals surface area contributed by atoms with E-state index in [1.54, 1.807) is 6.20 Å². The number of pyridine rings is 1. The van der Waals surface area contributed by atoms with E-state index in [0.29, 0.717) is 11.7 Å². The van der Waals surface area contributed by atoms with Crippen LogP contribution in [0.1, 0.15) is 23.5 Å². The molecule has 21 heavy (non-hydrogen) atoms. The Morgan fingerprint density at radius 1 is 1.33 bits per heavy atom. The molecule has 3 heterocycles. The Bertz CT molecular complexity index is 628. The first-order valence-electron chi connectivity index (χ1n) is 6.92. The number of aliphatic hydroxyl groups is 1. The van der Waals surface area contributed by atoms with Crippen molar-refractivity contribution < 1.29 is 5.11 Å². The van der Waals surface area contributed by atoms with Crippen LogP contribution in [0.3, 0.4) is 0 Å². The van der Waals surface area contributed by atoms with Gasteiger partial charge in [-0.2, -0.15) is 0 Å². The third kappa shape index (κ3) is 2.52. The lowest BCUT2D eigenvalue weighted by atomic mass is 10.0. The fourth-order valence-electron chi connectivity index (χ4n) is 2.86. The maximum absolute atomic E-state index is 9.33. The largest absolute Gasteiger partial charge is 0.395 e. The Morgan fingerprint density at radius 2 is 2.19 bits per heavy atom. The van der Waals surface area contributed by atoms with Crippen molar-refractivity contribution in [2.45, 2.75) is 12.1 Å². The van der Waals surface area contributed by atoms with E-state index in [2.05, 4.69) is 20.9 Å².